The van der Waals surface area contributed by atoms with Crippen LogP contribution in [0.15, 0.2) is 23.0 Å². The predicted octanol–water partition coefficient (Wildman–Crippen LogP) is 1.56. The molecule has 2 heterocycles. The molecule has 1 aromatic rings. The molecule has 1 aliphatic heterocycles. The Morgan fingerprint density at radius 2 is 2.56 bits per heavy atom. The summed E-state index contributed by atoms with van der Waals surface area (Å²) in [5, 5.41) is 3.38. The van der Waals surface area contributed by atoms with Gasteiger partial charge in [0.25, 0.3) is 0 Å². The van der Waals surface area contributed by atoms with Crippen molar-refractivity contribution >= 4 is 0 Å². The van der Waals surface area contributed by atoms with Crippen LogP contribution in [0.3, 0.4) is 0 Å². The second-order valence-electron chi connectivity index (χ2n) is 4.23. The number of rotatable bonds is 6. The van der Waals surface area contributed by atoms with Crippen molar-refractivity contribution in [2.75, 3.05) is 19.8 Å². The van der Waals surface area contributed by atoms with E-state index in [1.54, 1.807) is 12.5 Å². The summed E-state index contributed by atoms with van der Waals surface area (Å²) in [5.74, 6) is 0. The summed E-state index contributed by atoms with van der Waals surface area (Å²) in [5.41, 5.74) is 1.16. The molecule has 90 valence electrons. The van der Waals surface area contributed by atoms with Crippen molar-refractivity contribution in [2.24, 2.45) is 0 Å². The summed E-state index contributed by atoms with van der Waals surface area (Å²) in [6.07, 6.45) is 4.76. The van der Waals surface area contributed by atoms with Gasteiger partial charge in [0.2, 0.25) is 0 Å². The first-order valence-electron chi connectivity index (χ1n) is 5.78. The van der Waals surface area contributed by atoms with E-state index in [9.17, 15) is 0 Å². The molecule has 1 N–H and O–H groups in total. The standard InChI is InChI=1S/C12H19NO3/c1-10(7-16-12-3-5-15-9-12)13-6-11-2-4-14-8-11/h2,4,8,10,12-13H,3,5-7,9H2,1H3. The van der Waals surface area contributed by atoms with Crippen LogP contribution < -0.4 is 5.32 Å². The van der Waals surface area contributed by atoms with Crippen molar-refractivity contribution in [2.45, 2.75) is 32.0 Å². The molecule has 16 heavy (non-hydrogen) atoms. The van der Waals surface area contributed by atoms with Crippen LogP contribution in [0.5, 0.6) is 0 Å². The van der Waals surface area contributed by atoms with Gasteiger partial charge in [0.15, 0.2) is 0 Å². The zero-order chi connectivity index (χ0) is 11.2. The molecule has 2 atom stereocenters. The Hall–Kier alpha value is -0.840. The summed E-state index contributed by atoms with van der Waals surface area (Å²) in [6, 6.07) is 2.31. The third-order valence-electron chi connectivity index (χ3n) is 2.70. The highest BCUT2D eigenvalue weighted by molar-refractivity contribution is 5.04. The van der Waals surface area contributed by atoms with Crippen molar-refractivity contribution < 1.29 is 13.9 Å². The van der Waals surface area contributed by atoms with E-state index in [1.807, 2.05) is 6.07 Å². The fraction of sp³-hybridized carbons (Fsp3) is 0.667. The van der Waals surface area contributed by atoms with Crippen LogP contribution in [0.4, 0.5) is 0 Å². The largest absolute Gasteiger partial charge is 0.472 e. The third-order valence-corrected chi connectivity index (χ3v) is 2.70. The maximum atomic E-state index is 5.72. The van der Waals surface area contributed by atoms with Crippen LogP contribution in [-0.2, 0) is 16.0 Å². The summed E-state index contributed by atoms with van der Waals surface area (Å²) in [6.45, 7) is 5.25. The number of ether oxygens (including phenoxy) is 2. The van der Waals surface area contributed by atoms with Crippen molar-refractivity contribution in [1.29, 1.82) is 0 Å². The lowest BCUT2D eigenvalue weighted by atomic mass is 10.3. The lowest BCUT2D eigenvalue weighted by Crippen LogP contribution is -2.32. The van der Waals surface area contributed by atoms with Crippen LogP contribution in [0.2, 0.25) is 0 Å². The fourth-order valence-corrected chi connectivity index (χ4v) is 1.67. The highest BCUT2D eigenvalue weighted by Gasteiger charge is 2.16. The van der Waals surface area contributed by atoms with E-state index in [1.165, 1.54) is 0 Å². The van der Waals surface area contributed by atoms with Gasteiger partial charge in [-0.3, -0.25) is 0 Å². The first-order valence-corrected chi connectivity index (χ1v) is 5.78. The molecule has 0 saturated carbocycles. The van der Waals surface area contributed by atoms with Gasteiger partial charge in [-0.2, -0.15) is 0 Å². The predicted molar refractivity (Wildman–Crippen MR) is 60.2 cm³/mol. The number of furan rings is 1. The lowest BCUT2D eigenvalue weighted by Gasteiger charge is -2.16. The van der Waals surface area contributed by atoms with E-state index >= 15 is 0 Å². The number of nitrogens with one attached hydrogen (secondary N) is 1. The van der Waals surface area contributed by atoms with Crippen molar-refractivity contribution in [3.05, 3.63) is 24.2 Å². The summed E-state index contributed by atoms with van der Waals surface area (Å²) < 4.78 is 16.0. The van der Waals surface area contributed by atoms with E-state index in [-0.39, 0.29) is 6.10 Å². The first kappa shape index (κ1) is 11.6. The van der Waals surface area contributed by atoms with Gasteiger partial charge < -0.3 is 19.2 Å². The van der Waals surface area contributed by atoms with Gasteiger partial charge in [0.05, 0.1) is 31.8 Å². The van der Waals surface area contributed by atoms with Gasteiger partial charge in [-0.05, 0) is 19.4 Å². The van der Waals surface area contributed by atoms with E-state index in [4.69, 9.17) is 13.9 Å². The van der Waals surface area contributed by atoms with E-state index < -0.39 is 0 Å². The highest BCUT2D eigenvalue weighted by Crippen LogP contribution is 2.08. The molecule has 0 spiro atoms. The summed E-state index contributed by atoms with van der Waals surface area (Å²) in [4.78, 5) is 0. The monoisotopic (exact) mass is 225 g/mol. The van der Waals surface area contributed by atoms with E-state index in [0.29, 0.717) is 6.04 Å². The Kier molecular flexibility index (Phi) is 4.39. The van der Waals surface area contributed by atoms with Crippen LogP contribution >= 0.6 is 0 Å². The molecule has 0 radical (unpaired) electrons. The Labute approximate surface area is 95.9 Å². The molecule has 2 rings (SSSR count). The summed E-state index contributed by atoms with van der Waals surface area (Å²) >= 11 is 0. The Bertz CT molecular complexity index is 280. The molecule has 4 heteroatoms. The Morgan fingerprint density at radius 1 is 1.62 bits per heavy atom. The molecule has 0 bridgehead atoms. The van der Waals surface area contributed by atoms with Crippen LogP contribution in [-0.4, -0.2) is 32.0 Å². The molecule has 1 saturated heterocycles. The van der Waals surface area contributed by atoms with Crippen LogP contribution in [0.1, 0.15) is 18.9 Å². The second-order valence-corrected chi connectivity index (χ2v) is 4.23. The van der Waals surface area contributed by atoms with E-state index in [2.05, 4.69) is 12.2 Å². The SMILES string of the molecule is CC(COC1CCOC1)NCc1ccoc1. The van der Waals surface area contributed by atoms with Gasteiger partial charge in [0.1, 0.15) is 0 Å². The topological polar surface area (TPSA) is 43.6 Å². The van der Waals surface area contributed by atoms with Crippen molar-refractivity contribution in [3.63, 3.8) is 0 Å². The molecule has 0 aliphatic carbocycles. The number of hydrogen-bond donors (Lipinski definition) is 1. The average molecular weight is 225 g/mol. The van der Waals surface area contributed by atoms with Crippen molar-refractivity contribution in [1.82, 2.24) is 5.32 Å². The molecular formula is C12H19NO3. The molecule has 2 unspecified atom stereocenters. The van der Waals surface area contributed by atoms with Crippen molar-refractivity contribution in [3.8, 4) is 0 Å². The Morgan fingerprint density at radius 3 is 3.25 bits per heavy atom. The highest BCUT2D eigenvalue weighted by atomic mass is 16.5. The fourth-order valence-electron chi connectivity index (χ4n) is 1.67. The van der Waals surface area contributed by atoms with Gasteiger partial charge in [-0.15, -0.1) is 0 Å². The maximum Gasteiger partial charge on any atom is 0.0947 e. The van der Waals surface area contributed by atoms with Gasteiger partial charge in [-0.25, -0.2) is 0 Å². The minimum Gasteiger partial charge on any atom is -0.472 e. The quantitative estimate of drug-likeness (QED) is 0.798. The third kappa shape index (κ3) is 3.63. The lowest BCUT2D eigenvalue weighted by molar-refractivity contribution is 0.0322. The summed E-state index contributed by atoms with van der Waals surface area (Å²) in [7, 11) is 0. The van der Waals surface area contributed by atoms with E-state index in [0.717, 1.165) is 38.3 Å². The zero-order valence-corrected chi connectivity index (χ0v) is 9.65. The average Bonchev–Trinajstić information content (AvgIpc) is 2.96. The minimum absolute atomic E-state index is 0.290. The molecule has 1 aliphatic rings. The van der Waals surface area contributed by atoms with Crippen LogP contribution in [0.25, 0.3) is 0 Å². The molecule has 0 aromatic carbocycles. The first-order chi connectivity index (χ1) is 7.84. The molecule has 4 nitrogen and oxygen atoms in total. The van der Waals surface area contributed by atoms with Gasteiger partial charge >= 0.3 is 0 Å². The van der Waals surface area contributed by atoms with Crippen LogP contribution in [0, 0.1) is 0 Å². The molecule has 1 aromatic heterocycles. The Balaban J connectivity index is 1.58. The zero-order valence-electron chi connectivity index (χ0n) is 9.65. The maximum absolute atomic E-state index is 5.72. The second kappa shape index (κ2) is 6.03. The minimum atomic E-state index is 0.290. The van der Waals surface area contributed by atoms with Gasteiger partial charge in [-0.1, -0.05) is 0 Å². The number of hydrogen-bond acceptors (Lipinski definition) is 4. The molecular weight excluding hydrogens is 206 g/mol. The molecule has 0 amide bonds. The smallest absolute Gasteiger partial charge is 0.0947 e. The van der Waals surface area contributed by atoms with Gasteiger partial charge in [0, 0.05) is 24.8 Å². The molecule has 1 fully saturated rings. The normalized spacial score (nSPS) is 22.4.